The first kappa shape index (κ1) is 14.8. The first-order valence-corrected chi connectivity index (χ1v) is 6.70. The average molecular weight is 287 g/mol. The third-order valence-corrected chi connectivity index (χ3v) is 3.16. The number of nitrogens with one attached hydrogen (secondary N) is 1. The number of anilines is 3. The number of benzene rings is 2. The molecule has 0 bridgehead atoms. The summed E-state index contributed by atoms with van der Waals surface area (Å²) in [5, 5.41) is 2.76. The van der Waals surface area contributed by atoms with Crippen LogP contribution in [0.4, 0.5) is 21.5 Å². The zero-order valence-electron chi connectivity index (χ0n) is 12.1. The van der Waals surface area contributed by atoms with Crippen molar-refractivity contribution < 1.29 is 9.18 Å². The van der Waals surface area contributed by atoms with E-state index < -0.39 is 0 Å². The molecule has 2 aromatic carbocycles. The van der Waals surface area contributed by atoms with E-state index in [2.05, 4.69) is 5.32 Å². The van der Waals surface area contributed by atoms with Crippen LogP contribution in [0.1, 0.15) is 17.3 Å². The molecule has 5 heteroatoms. The molecule has 0 aliphatic rings. The molecule has 0 radical (unpaired) electrons. The van der Waals surface area contributed by atoms with Gasteiger partial charge in [-0.3, -0.25) is 4.79 Å². The first-order chi connectivity index (χ1) is 10.0. The van der Waals surface area contributed by atoms with Gasteiger partial charge in [0.25, 0.3) is 5.91 Å². The lowest BCUT2D eigenvalue weighted by Gasteiger charge is -2.22. The number of halogens is 1. The van der Waals surface area contributed by atoms with Gasteiger partial charge in [-0.1, -0.05) is 6.07 Å². The van der Waals surface area contributed by atoms with E-state index in [9.17, 15) is 9.18 Å². The van der Waals surface area contributed by atoms with Gasteiger partial charge in [-0.2, -0.15) is 0 Å². The number of carbonyl (C=O) groups excluding carboxylic acids is 1. The van der Waals surface area contributed by atoms with Crippen molar-refractivity contribution >= 4 is 23.0 Å². The zero-order chi connectivity index (χ0) is 15.4. The smallest absolute Gasteiger partial charge is 0.253 e. The van der Waals surface area contributed by atoms with Crippen LogP contribution in [0.25, 0.3) is 0 Å². The predicted molar refractivity (Wildman–Crippen MR) is 83.3 cm³/mol. The molecule has 0 heterocycles. The van der Waals surface area contributed by atoms with Crippen molar-refractivity contribution in [3.63, 3.8) is 0 Å². The van der Waals surface area contributed by atoms with E-state index in [0.29, 0.717) is 29.2 Å². The van der Waals surface area contributed by atoms with Crippen LogP contribution in [0.5, 0.6) is 0 Å². The molecule has 21 heavy (non-hydrogen) atoms. The second-order valence-corrected chi connectivity index (χ2v) is 4.67. The molecule has 0 aromatic heterocycles. The maximum absolute atomic E-state index is 13.4. The Labute approximate surface area is 123 Å². The summed E-state index contributed by atoms with van der Waals surface area (Å²) < 4.78 is 13.4. The number of rotatable bonds is 4. The van der Waals surface area contributed by atoms with Gasteiger partial charge in [-0.15, -0.1) is 0 Å². The summed E-state index contributed by atoms with van der Waals surface area (Å²) in [7, 11) is 1.77. The molecular formula is C16H18FN3O. The Kier molecular flexibility index (Phi) is 4.42. The van der Waals surface area contributed by atoms with Gasteiger partial charge >= 0.3 is 0 Å². The topological polar surface area (TPSA) is 58.4 Å². The van der Waals surface area contributed by atoms with E-state index in [1.807, 2.05) is 6.92 Å². The average Bonchev–Trinajstić information content (AvgIpc) is 2.46. The van der Waals surface area contributed by atoms with Crippen LogP contribution >= 0.6 is 0 Å². The van der Waals surface area contributed by atoms with Gasteiger partial charge < -0.3 is 16.0 Å². The number of amides is 1. The molecule has 0 aliphatic heterocycles. The summed E-state index contributed by atoms with van der Waals surface area (Å²) in [5.74, 6) is -0.515. The van der Waals surface area contributed by atoms with Crippen LogP contribution in [-0.4, -0.2) is 19.5 Å². The van der Waals surface area contributed by atoms with Crippen LogP contribution in [0.3, 0.4) is 0 Å². The molecule has 0 unspecified atom stereocenters. The number of hydrogen-bond acceptors (Lipinski definition) is 3. The number of hydrogen-bond donors (Lipinski definition) is 2. The maximum atomic E-state index is 13.4. The monoisotopic (exact) mass is 287 g/mol. The lowest BCUT2D eigenvalue weighted by molar-refractivity contribution is 0.0956. The van der Waals surface area contributed by atoms with Crippen molar-refractivity contribution in [2.24, 2.45) is 0 Å². The van der Waals surface area contributed by atoms with Crippen molar-refractivity contribution in [1.82, 2.24) is 5.32 Å². The minimum Gasteiger partial charge on any atom is -0.399 e. The third-order valence-electron chi connectivity index (χ3n) is 3.16. The standard InChI is InChI=1S/C16H18FN3O/c1-3-19-16(21)14-8-7-12(18)10-15(14)20(2)13-6-4-5-11(17)9-13/h4-10H,3,18H2,1-2H3,(H,19,21). The molecule has 2 aromatic rings. The molecule has 0 fully saturated rings. The highest BCUT2D eigenvalue weighted by Crippen LogP contribution is 2.29. The Hall–Kier alpha value is -2.56. The Morgan fingerprint density at radius 3 is 2.71 bits per heavy atom. The molecular weight excluding hydrogens is 269 g/mol. The Balaban J connectivity index is 2.46. The molecule has 3 N–H and O–H groups in total. The second kappa shape index (κ2) is 6.26. The normalized spacial score (nSPS) is 10.2. The zero-order valence-corrected chi connectivity index (χ0v) is 12.1. The second-order valence-electron chi connectivity index (χ2n) is 4.67. The highest BCUT2D eigenvalue weighted by molar-refractivity contribution is 6.01. The van der Waals surface area contributed by atoms with E-state index in [0.717, 1.165) is 0 Å². The fraction of sp³-hybridized carbons (Fsp3) is 0.188. The SMILES string of the molecule is CCNC(=O)c1ccc(N)cc1N(C)c1cccc(F)c1. The number of carbonyl (C=O) groups is 1. The highest BCUT2D eigenvalue weighted by Gasteiger charge is 2.15. The van der Waals surface area contributed by atoms with E-state index in [1.54, 1.807) is 42.3 Å². The molecule has 0 spiro atoms. The van der Waals surface area contributed by atoms with E-state index in [4.69, 9.17) is 5.73 Å². The Morgan fingerprint density at radius 1 is 1.29 bits per heavy atom. The Morgan fingerprint density at radius 2 is 2.05 bits per heavy atom. The molecule has 0 aliphatic carbocycles. The molecule has 110 valence electrons. The third kappa shape index (κ3) is 3.31. The predicted octanol–water partition coefficient (Wildman–Crippen LogP) is 2.93. The van der Waals surface area contributed by atoms with Gasteiger partial charge in [0, 0.05) is 25.0 Å². The van der Waals surface area contributed by atoms with Crippen LogP contribution in [0.2, 0.25) is 0 Å². The van der Waals surface area contributed by atoms with Crippen molar-refractivity contribution in [3.8, 4) is 0 Å². The van der Waals surface area contributed by atoms with Crippen molar-refractivity contribution in [2.45, 2.75) is 6.92 Å². The minimum atomic E-state index is -0.331. The maximum Gasteiger partial charge on any atom is 0.253 e. The molecule has 2 rings (SSSR count). The van der Waals surface area contributed by atoms with E-state index in [-0.39, 0.29) is 11.7 Å². The van der Waals surface area contributed by atoms with Gasteiger partial charge in [-0.05, 0) is 43.3 Å². The highest BCUT2D eigenvalue weighted by atomic mass is 19.1. The summed E-state index contributed by atoms with van der Waals surface area (Å²) in [6, 6.07) is 11.2. The summed E-state index contributed by atoms with van der Waals surface area (Å²) >= 11 is 0. The summed E-state index contributed by atoms with van der Waals surface area (Å²) in [6.45, 7) is 2.39. The molecule has 0 saturated heterocycles. The van der Waals surface area contributed by atoms with Crippen molar-refractivity contribution in [1.29, 1.82) is 0 Å². The van der Waals surface area contributed by atoms with Crippen LogP contribution in [0.15, 0.2) is 42.5 Å². The Bertz CT molecular complexity index is 658. The fourth-order valence-corrected chi connectivity index (χ4v) is 2.10. The quantitative estimate of drug-likeness (QED) is 0.850. The lowest BCUT2D eigenvalue weighted by Crippen LogP contribution is -2.25. The van der Waals surface area contributed by atoms with Crippen molar-refractivity contribution in [3.05, 3.63) is 53.8 Å². The first-order valence-electron chi connectivity index (χ1n) is 6.70. The van der Waals surface area contributed by atoms with Crippen LogP contribution in [0, 0.1) is 5.82 Å². The van der Waals surface area contributed by atoms with E-state index >= 15 is 0 Å². The minimum absolute atomic E-state index is 0.184. The molecule has 0 saturated carbocycles. The molecule has 0 atom stereocenters. The summed E-state index contributed by atoms with van der Waals surface area (Å²) in [5.41, 5.74) is 8.13. The summed E-state index contributed by atoms with van der Waals surface area (Å²) in [4.78, 5) is 13.9. The molecule has 4 nitrogen and oxygen atoms in total. The largest absolute Gasteiger partial charge is 0.399 e. The van der Waals surface area contributed by atoms with Gasteiger partial charge in [0.2, 0.25) is 0 Å². The van der Waals surface area contributed by atoms with Crippen LogP contribution in [-0.2, 0) is 0 Å². The number of nitrogens with zero attached hydrogens (tertiary/aromatic N) is 1. The van der Waals surface area contributed by atoms with Gasteiger partial charge in [0.1, 0.15) is 5.82 Å². The van der Waals surface area contributed by atoms with Crippen molar-refractivity contribution in [2.75, 3.05) is 24.2 Å². The summed E-state index contributed by atoms with van der Waals surface area (Å²) in [6.07, 6.45) is 0. The van der Waals surface area contributed by atoms with Crippen LogP contribution < -0.4 is 16.0 Å². The molecule has 1 amide bonds. The van der Waals surface area contributed by atoms with Gasteiger partial charge in [0.15, 0.2) is 0 Å². The number of nitrogens with two attached hydrogens (primary N) is 1. The van der Waals surface area contributed by atoms with Gasteiger partial charge in [0.05, 0.1) is 11.3 Å². The fourth-order valence-electron chi connectivity index (χ4n) is 2.10. The number of nitrogen functional groups attached to an aromatic ring is 1. The lowest BCUT2D eigenvalue weighted by atomic mass is 10.1. The van der Waals surface area contributed by atoms with Gasteiger partial charge in [-0.25, -0.2) is 4.39 Å². The van der Waals surface area contributed by atoms with E-state index in [1.165, 1.54) is 12.1 Å².